The van der Waals surface area contributed by atoms with Crippen LogP contribution < -0.4 is 9.80 Å². The van der Waals surface area contributed by atoms with Gasteiger partial charge in [-0.05, 0) is 137 Å². The van der Waals surface area contributed by atoms with Gasteiger partial charge in [0.15, 0.2) is 5.58 Å². The average Bonchev–Trinajstić information content (AvgIpc) is 2.15. The summed E-state index contributed by atoms with van der Waals surface area (Å²) in [6.07, 6.45) is 0. The van der Waals surface area contributed by atoms with Crippen LogP contribution in [0.1, 0.15) is 0 Å². The van der Waals surface area contributed by atoms with Gasteiger partial charge >= 0.3 is 0 Å². The fourth-order valence-electron chi connectivity index (χ4n) is 13.0. The lowest BCUT2D eigenvalue weighted by Gasteiger charge is -2.30. The fraction of sp³-hybridized carbons (Fsp3) is 0. The summed E-state index contributed by atoms with van der Waals surface area (Å²) in [5.74, 6) is 0. The van der Waals surface area contributed by atoms with Crippen LogP contribution in [0.4, 0.5) is 34.1 Å². The second-order valence-electron chi connectivity index (χ2n) is 21.5. The number of benzene rings is 15. The molecule has 0 saturated heterocycles. The quantitative estimate of drug-likeness (QED) is 0.127. The molecule has 16 aromatic rings. The van der Waals surface area contributed by atoms with Crippen LogP contribution in [-0.4, -0.2) is 0 Å². The molecule has 0 spiro atoms. The van der Waals surface area contributed by atoms with E-state index < -0.39 is 0 Å². The molecule has 388 valence electrons. The minimum atomic E-state index is 0.844. The largest absolute Gasteiger partial charge is 0.454 e. The number of hydrogen-bond acceptors (Lipinski definition) is 3. The summed E-state index contributed by atoms with van der Waals surface area (Å²) in [5.41, 5.74) is 17.4. The highest BCUT2D eigenvalue weighted by atomic mass is 16.3. The lowest BCUT2D eigenvalue weighted by atomic mass is 9.87. The molecule has 0 aliphatic carbocycles. The molecule has 1 aromatic heterocycles. The lowest BCUT2D eigenvalue weighted by molar-refractivity contribution is 0.669. The third-order valence-corrected chi connectivity index (χ3v) is 16.8. The minimum absolute atomic E-state index is 0.844. The molecule has 0 aliphatic heterocycles. The minimum Gasteiger partial charge on any atom is -0.454 e. The number of hydrogen-bond donors (Lipinski definition) is 0. The van der Waals surface area contributed by atoms with Gasteiger partial charge in [0.1, 0.15) is 5.58 Å². The summed E-state index contributed by atoms with van der Waals surface area (Å²) in [6.45, 7) is 0. The van der Waals surface area contributed by atoms with E-state index in [-0.39, 0.29) is 0 Å². The average molecular weight is 1060 g/mol. The topological polar surface area (TPSA) is 19.6 Å². The van der Waals surface area contributed by atoms with Crippen LogP contribution in [0.15, 0.2) is 320 Å². The molecule has 15 aromatic carbocycles. The summed E-state index contributed by atoms with van der Waals surface area (Å²) in [7, 11) is 0. The summed E-state index contributed by atoms with van der Waals surface area (Å²) in [5, 5.41) is 13.8. The zero-order chi connectivity index (χ0) is 54.8. The standard InChI is InChI=1S/C80H52N2O/c1-4-20-53(21-5-1)56-36-43-61(44-37-56)81(62-45-38-57(39-46-62)54-22-6-2-7-23-54)79-71-34-18-16-32-68(71)76(69-33-17-19-35-72(69)79)70-49-50-73(67-31-15-14-30-66(67)70)82(63-47-40-58(41-48-63)55-24-8-3-9-25-55)74-52-60-27-11-13-29-65(60)78-77-64-28-12-10-26-59(64)42-51-75(77)83-80(74)78/h1-52H. The van der Waals surface area contributed by atoms with E-state index in [4.69, 9.17) is 4.42 Å². The molecule has 0 atom stereocenters. The van der Waals surface area contributed by atoms with Crippen LogP contribution in [-0.2, 0) is 0 Å². The van der Waals surface area contributed by atoms with Crippen LogP contribution in [0.5, 0.6) is 0 Å². The molecule has 0 radical (unpaired) electrons. The summed E-state index contributed by atoms with van der Waals surface area (Å²) in [6, 6.07) is 115. The smallest absolute Gasteiger partial charge is 0.160 e. The van der Waals surface area contributed by atoms with Crippen molar-refractivity contribution in [1.82, 2.24) is 0 Å². The molecule has 0 bridgehead atoms. The van der Waals surface area contributed by atoms with Crippen molar-refractivity contribution in [3.63, 3.8) is 0 Å². The Labute approximate surface area is 481 Å². The van der Waals surface area contributed by atoms with E-state index in [9.17, 15) is 0 Å². The first-order chi connectivity index (χ1) is 41.2. The van der Waals surface area contributed by atoms with Crippen LogP contribution in [0, 0.1) is 0 Å². The Balaban J connectivity index is 0.929. The number of fused-ring (bicyclic) bond motifs is 10. The van der Waals surface area contributed by atoms with Crippen molar-refractivity contribution in [2.75, 3.05) is 9.80 Å². The molecule has 16 rings (SSSR count). The molecule has 0 unspecified atom stereocenters. The van der Waals surface area contributed by atoms with Crippen LogP contribution >= 0.6 is 0 Å². The van der Waals surface area contributed by atoms with Gasteiger partial charge < -0.3 is 14.2 Å². The summed E-state index contributed by atoms with van der Waals surface area (Å²) < 4.78 is 7.22. The van der Waals surface area contributed by atoms with E-state index in [1.165, 1.54) is 54.9 Å². The third kappa shape index (κ3) is 8.12. The highest BCUT2D eigenvalue weighted by Gasteiger charge is 2.27. The van der Waals surface area contributed by atoms with Gasteiger partial charge in [0.25, 0.3) is 0 Å². The van der Waals surface area contributed by atoms with Crippen LogP contribution in [0.25, 0.3) is 120 Å². The van der Waals surface area contributed by atoms with Gasteiger partial charge in [-0.2, -0.15) is 0 Å². The Morgan fingerprint density at radius 2 is 0.639 bits per heavy atom. The maximum Gasteiger partial charge on any atom is 0.160 e. The predicted octanol–water partition coefficient (Wildman–Crippen LogP) is 23.0. The molecule has 0 aliphatic rings. The molecule has 0 saturated carbocycles. The van der Waals surface area contributed by atoms with Crippen molar-refractivity contribution >= 4 is 110 Å². The molecule has 0 N–H and O–H groups in total. The Bertz CT molecular complexity index is 4970. The Morgan fingerprint density at radius 1 is 0.241 bits per heavy atom. The van der Waals surface area contributed by atoms with Crippen molar-refractivity contribution < 1.29 is 4.42 Å². The summed E-state index contributed by atoms with van der Waals surface area (Å²) >= 11 is 0. The van der Waals surface area contributed by atoms with Gasteiger partial charge in [-0.3, -0.25) is 0 Å². The van der Waals surface area contributed by atoms with E-state index in [1.807, 2.05) is 0 Å². The van der Waals surface area contributed by atoms with E-state index >= 15 is 0 Å². The maximum absolute atomic E-state index is 7.22. The Hall–Kier alpha value is -11.0. The molecule has 3 nitrogen and oxygen atoms in total. The monoisotopic (exact) mass is 1060 g/mol. The molecular formula is C80H52N2O. The second kappa shape index (κ2) is 20.0. The van der Waals surface area contributed by atoms with Crippen molar-refractivity contribution in [3.8, 4) is 44.5 Å². The van der Waals surface area contributed by atoms with Gasteiger partial charge in [-0.25, -0.2) is 0 Å². The van der Waals surface area contributed by atoms with Crippen LogP contribution in [0.3, 0.4) is 0 Å². The molecule has 0 amide bonds. The first-order valence-corrected chi connectivity index (χ1v) is 28.5. The van der Waals surface area contributed by atoms with Crippen molar-refractivity contribution in [3.05, 3.63) is 315 Å². The van der Waals surface area contributed by atoms with E-state index in [0.29, 0.717) is 0 Å². The fourth-order valence-corrected chi connectivity index (χ4v) is 13.0. The molecule has 3 heteroatoms. The number of furan rings is 1. The second-order valence-corrected chi connectivity index (χ2v) is 21.5. The summed E-state index contributed by atoms with van der Waals surface area (Å²) in [4.78, 5) is 4.90. The SMILES string of the molecule is c1ccc(-c2ccc(N(c3ccc(-c4ccccc4)cc3)c3c4ccccc4c(-c4ccc(N(c5ccc(-c6ccccc6)cc5)c5cc6ccccc6c6c5oc5ccc7ccccc7c56)c5ccccc45)c4ccccc34)cc2)cc1. The van der Waals surface area contributed by atoms with Crippen LogP contribution in [0.2, 0.25) is 0 Å². The van der Waals surface area contributed by atoms with Crippen molar-refractivity contribution in [2.45, 2.75) is 0 Å². The lowest BCUT2D eigenvalue weighted by Crippen LogP contribution is -2.12. The van der Waals surface area contributed by atoms with Crippen molar-refractivity contribution in [1.29, 1.82) is 0 Å². The van der Waals surface area contributed by atoms with Gasteiger partial charge in [-0.15, -0.1) is 0 Å². The van der Waals surface area contributed by atoms with E-state index in [0.717, 1.165) is 99.5 Å². The van der Waals surface area contributed by atoms with E-state index in [1.54, 1.807) is 0 Å². The predicted molar refractivity (Wildman–Crippen MR) is 352 cm³/mol. The molecular weight excluding hydrogens is 1000 g/mol. The van der Waals surface area contributed by atoms with Gasteiger partial charge in [0.05, 0.1) is 17.1 Å². The zero-order valence-corrected chi connectivity index (χ0v) is 45.3. The molecule has 0 fully saturated rings. The number of anilines is 6. The van der Waals surface area contributed by atoms with E-state index in [2.05, 4.69) is 325 Å². The zero-order valence-electron chi connectivity index (χ0n) is 45.3. The van der Waals surface area contributed by atoms with Gasteiger partial charge in [-0.1, -0.05) is 261 Å². The van der Waals surface area contributed by atoms with Crippen molar-refractivity contribution in [2.24, 2.45) is 0 Å². The third-order valence-electron chi connectivity index (χ3n) is 16.8. The first-order valence-electron chi connectivity index (χ1n) is 28.5. The molecule has 1 heterocycles. The van der Waals surface area contributed by atoms with Gasteiger partial charge in [0, 0.05) is 44.0 Å². The molecule has 83 heavy (non-hydrogen) atoms. The first kappa shape index (κ1) is 48.0. The van der Waals surface area contributed by atoms with Gasteiger partial charge in [0.2, 0.25) is 0 Å². The Morgan fingerprint density at radius 3 is 1.16 bits per heavy atom. The number of nitrogens with zero attached hydrogens (tertiary/aromatic N) is 2. The highest BCUT2D eigenvalue weighted by molar-refractivity contribution is 6.30. The normalized spacial score (nSPS) is 11.6. The maximum atomic E-state index is 7.22. The Kier molecular flexibility index (Phi) is 11.5. The number of rotatable bonds is 10. The highest BCUT2D eigenvalue weighted by Crippen LogP contribution is 2.53.